The van der Waals surface area contributed by atoms with Gasteiger partial charge in [-0.2, -0.15) is 0 Å². The van der Waals surface area contributed by atoms with Crippen LogP contribution in [0.4, 0.5) is 10.8 Å². The van der Waals surface area contributed by atoms with Crippen molar-refractivity contribution in [2.45, 2.75) is 29.7 Å². The summed E-state index contributed by atoms with van der Waals surface area (Å²) < 4.78 is 6.07. The predicted octanol–water partition coefficient (Wildman–Crippen LogP) is 1.92. The summed E-state index contributed by atoms with van der Waals surface area (Å²) >= 11 is 2.48. The molecular formula is C20H23N5O4S2. The topological polar surface area (TPSA) is 114 Å². The van der Waals surface area contributed by atoms with Crippen LogP contribution in [0, 0.1) is 5.92 Å². The summed E-state index contributed by atoms with van der Waals surface area (Å²) in [5, 5.41) is 14.0. The molecule has 11 heteroatoms. The van der Waals surface area contributed by atoms with Crippen LogP contribution in [0.15, 0.2) is 34.7 Å². The van der Waals surface area contributed by atoms with Gasteiger partial charge in [0.15, 0.2) is 4.34 Å². The van der Waals surface area contributed by atoms with Crippen LogP contribution in [0.2, 0.25) is 0 Å². The number of para-hydroxylation sites is 1. The maximum Gasteiger partial charge on any atom is 0.231 e. The molecule has 2 aliphatic heterocycles. The van der Waals surface area contributed by atoms with E-state index in [4.69, 9.17) is 4.74 Å². The van der Waals surface area contributed by atoms with E-state index in [1.165, 1.54) is 23.1 Å². The van der Waals surface area contributed by atoms with Crippen molar-refractivity contribution in [3.05, 3.63) is 30.3 Å². The van der Waals surface area contributed by atoms with Crippen LogP contribution in [0.1, 0.15) is 19.3 Å². The lowest BCUT2D eigenvalue weighted by Crippen LogP contribution is -2.32. The highest BCUT2D eigenvalue weighted by molar-refractivity contribution is 8.01. The maximum absolute atomic E-state index is 12.6. The van der Waals surface area contributed by atoms with Crippen LogP contribution in [-0.2, 0) is 19.1 Å². The molecule has 0 spiro atoms. The molecule has 3 heterocycles. The first kappa shape index (κ1) is 21.7. The molecule has 2 fully saturated rings. The van der Waals surface area contributed by atoms with Crippen LogP contribution in [-0.4, -0.2) is 59.5 Å². The summed E-state index contributed by atoms with van der Waals surface area (Å²) in [6.07, 6.45) is 2.28. The van der Waals surface area contributed by atoms with Crippen molar-refractivity contribution in [2.24, 2.45) is 5.92 Å². The molecule has 31 heavy (non-hydrogen) atoms. The lowest BCUT2D eigenvalue weighted by atomic mass is 10.1. The number of rotatable bonds is 8. The van der Waals surface area contributed by atoms with E-state index in [0.29, 0.717) is 22.6 Å². The number of carbonyl (C=O) groups excluding carboxylic acids is 3. The smallest absolute Gasteiger partial charge is 0.231 e. The molecule has 1 aromatic carbocycles. The van der Waals surface area contributed by atoms with Gasteiger partial charge in [-0.25, -0.2) is 0 Å². The van der Waals surface area contributed by atoms with E-state index in [0.717, 1.165) is 25.1 Å². The number of amides is 3. The van der Waals surface area contributed by atoms with Crippen LogP contribution in [0.25, 0.3) is 0 Å². The third-order valence-electron chi connectivity index (χ3n) is 5.08. The first-order valence-corrected chi connectivity index (χ1v) is 11.9. The molecule has 1 aromatic heterocycles. The fourth-order valence-electron chi connectivity index (χ4n) is 3.48. The van der Waals surface area contributed by atoms with Gasteiger partial charge < -0.3 is 20.3 Å². The second-order valence-corrected chi connectivity index (χ2v) is 9.53. The van der Waals surface area contributed by atoms with Gasteiger partial charge in [-0.3, -0.25) is 14.4 Å². The van der Waals surface area contributed by atoms with E-state index in [1.54, 1.807) is 4.90 Å². The van der Waals surface area contributed by atoms with E-state index in [9.17, 15) is 14.4 Å². The Labute approximate surface area is 187 Å². The SMILES string of the molecule is O=C(CSc1nnc(NC(=O)[C@H]2CC(=O)N(c3ccccc3)C2)s1)NC[C@@H]1CCCO1. The molecule has 0 aliphatic carbocycles. The lowest BCUT2D eigenvalue weighted by molar-refractivity contribution is -0.122. The van der Waals surface area contributed by atoms with Crippen molar-refractivity contribution in [1.29, 1.82) is 0 Å². The number of benzene rings is 1. The van der Waals surface area contributed by atoms with Gasteiger partial charge in [0, 0.05) is 31.8 Å². The van der Waals surface area contributed by atoms with Crippen molar-refractivity contribution in [1.82, 2.24) is 15.5 Å². The number of anilines is 2. The molecule has 0 saturated carbocycles. The second kappa shape index (κ2) is 10.2. The average molecular weight is 462 g/mol. The normalized spacial score (nSPS) is 20.8. The fourth-order valence-corrected chi connectivity index (χ4v) is 5.06. The number of aromatic nitrogens is 2. The van der Waals surface area contributed by atoms with Crippen molar-refractivity contribution in [3.8, 4) is 0 Å². The Hall–Kier alpha value is -2.50. The van der Waals surface area contributed by atoms with E-state index >= 15 is 0 Å². The van der Waals surface area contributed by atoms with Crippen molar-refractivity contribution in [3.63, 3.8) is 0 Å². The molecule has 2 aromatic rings. The molecule has 2 saturated heterocycles. The third kappa shape index (κ3) is 5.81. The molecule has 0 unspecified atom stereocenters. The van der Waals surface area contributed by atoms with Gasteiger partial charge in [0.1, 0.15) is 0 Å². The Morgan fingerprint density at radius 2 is 2.10 bits per heavy atom. The minimum absolute atomic E-state index is 0.0751. The zero-order valence-electron chi connectivity index (χ0n) is 16.8. The zero-order valence-corrected chi connectivity index (χ0v) is 18.4. The molecule has 3 amide bonds. The molecule has 164 valence electrons. The van der Waals surface area contributed by atoms with Crippen LogP contribution in [0.5, 0.6) is 0 Å². The average Bonchev–Trinajstić information content (AvgIpc) is 3.53. The molecule has 0 radical (unpaired) electrons. The van der Waals surface area contributed by atoms with E-state index < -0.39 is 5.92 Å². The van der Waals surface area contributed by atoms with Crippen LogP contribution >= 0.6 is 23.1 Å². The van der Waals surface area contributed by atoms with Gasteiger partial charge in [0.2, 0.25) is 22.9 Å². The highest BCUT2D eigenvalue weighted by Gasteiger charge is 2.35. The van der Waals surface area contributed by atoms with Gasteiger partial charge in [0.05, 0.1) is 17.8 Å². The molecular weight excluding hydrogens is 438 g/mol. The largest absolute Gasteiger partial charge is 0.376 e. The molecule has 0 bridgehead atoms. The fraction of sp³-hybridized carbons (Fsp3) is 0.450. The van der Waals surface area contributed by atoms with Crippen molar-refractivity contribution in [2.75, 3.05) is 35.7 Å². The Bertz CT molecular complexity index is 933. The summed E-state index contributed by atoms with van der Waals surface area (Å²) in [6, 6.07) is 9.30. The first-order valence-electron chi connectivity index (χ1n) is 10.1. The van der Waals surface area contributed by atoms with Gasteiger partial charge in [-0.15, -0.1) is 10.2 Å². The molecule has 2 atom stereocenters. The summed E-state index contributed by atoms with van der Waals surface area (Å²) in [4.78, 5) is 38.5. The lowest BCUT2D eigenvalue weighted by Gasteiger charge is -2.16. The Kier molecular flexibility index (Phi) is 7.15. The Balaban J connectivity index is 1.22. The van der Waals surface area contributed by atoms with Crippen molar-refractivity contribution >= 4 is 51.6 Å². The quantitative estimate of drug-likeness (QED) is 0.456. The number of hydrogen-bond acceptors (Lipinski definition) is 8. The minimum Gasteiger partial charge on any atom is -0.376 e. The predicted molar refractivity (Wildman–Crippen MR) is 118 cm³/mol. The molecule has 9 nitrogen and oxygen atoms in total. The summed E-state index contributed by atoms with van der Waals surface area (Å²) in [6.45, 7) is 1.62. The molecule has 2 N–H and O–H groups in total. The van der Waals surface area contributed by atoms with Crippen LogP contribution < -0.4 is 15.5 Å². The number of thioether (sulfide) groups is 1. The van der Waals surface area contributed by atoms with E-state index in [-0.39, 0.29) is 36.0 Å². The summed E-state index contributed by atoms with van der Waals surface area (Å²) in [7, 11) is 0. The zero-order chi connectivity index (χ0) is 21.6. The van der Waals surface area contributed by atoms with Gasteiger partial charge in [0.25, 0.3) is 0 Å². The Morgan fingerprint density at radius 3 is 2.87 bits per heavy atom. The number of nitrogens with one attached hydrogen (secondary N) is 2. The van der Waals surface area contributed by atoms with Gasteiger partial charge >= 0.3 is 0 Å². The minimum atomic E-state index is -0.448. The standard InChI is InChI=1S/C20H23N5O4S2/c26-16(21-10-15-7-4-8-29-15)12-30-20-24-23-19(31-20)22-18(28)13-9-17(27)25(11-13)14-5-2-1-3-6-14/h1-3,5-6,13,15H,4,7-12H2,(H,21,26)(H,22,23,28)/t13-,15-/m0/s1. The van der Waals surface area contributed by atoms with Gasteiger partial charge in [-0.1, -0.05) is 41.3 Å². The Morgan fingerprint density at radius 1 is 1.26 bits per heavy atom. The van der Waals surface area contributed by atoms with Gasteiger partial charge in [-0.05, 0) is 25.0 Å². The number of hydrogen-bond donors (Lipinski definition) is 2. The highest BCUT2D eigenvalue weighted by Crippen LogP contribution is 2.28. The number of carbonyl (C=O) groups is 3. The number of nitrogens with zero attached hydrogens (tertiary/aromatic N) is 3. The monoisotopic (exact) mass is 461 g/mol. The van der Waals surface area contributed by atoms with Crippen molar-refractivity contribution < 1.29 is 19.1 Å². The summed E-state index contributed by atoms with van der Waals surface area (Å²) in [5.74, 6) is -0.649. The second-order valence-electron chi connectivity index (χ2n) is 7.33. The maximum atomic E-state index is 12.6. The van der Waals surface area contributed by atoms with Crippen LogP contribution in [0.3, 0.4) is 0 Å². The molecule has 2 aliphatic rings. The number of ether oxygens (including phenoxy) is 1. The third-order valence-corrected chi connectivity index (χ3v) is 7.05. The first-order chi connectivity index (χ1) is 15.1. The molecule has 4 rings (SSSR count). The highest BCUT2D eigenvalue weighted by atomic mass is 32.2. The summed E-state index contributed by atoms with van der Waals surface area (Å²) in [5.41, 5.74) is 0.787. The van der Waals surface area contributed by atoms with E-state index in [2.05, 4.69) is 20.8 Å². The van der Waals surface area contributed by atoms with E-state index in [1.807, 2.05) is 30.3 Å².